The van der Waals surface area contributed by atoms with Gasteiger partial charge in [0.1, 0.15) is 17.9 Å². The van der Waals surface area contributed by atoms with Crippen LogP contribution in [0.25, 0.3) is 6.08 Å². The Morgan fingerprint density at radius 2 is 1.93 bits per heavy atom. The van der Waals surface area contributed by atoms with E-state index in [-0.39, 0.29) is 10.7 Å². The molecule has 1 heterocycles. The first kappa shape index (κ1) is 19.8. The van der Waals surface area contributed by atoms with Crippen LogP contribution in [-0.2, 0) is 16.2 Å². The van der Waals surface area contributed by atoms with Gasteiger partial charge in [0, 0.05) is 12.1 Å². The Bertz CT molecular complexity index is 960. The first-order valence-corrected chi connectivity index (χ1v) is 9.73. The van der Waals surface area contributed by atoms with Crippen molar-refractivity contribution in [1.29, 1.82) is 0 Å². The highest BCUT2D eigenvalue weighted by Gasteiger charge is 2.30. The van der Waals surface area contributed by atoms with Crippen LogP contribution in [0.4, 0.5) is 0 Å². The molecule has 2 aromatic carbocycles. The molecule has 5 nitrogen and oxygen atoms in total. The maximum atomic E-state index is 12.3. The number of carbonyl (C=O) groups is 2. The summed E-state index contributed by atoms with van der Waals surface area (Å²) in [4.78, 5) is 25.5. The van der Waals surface area contributed by atoms with E-state index in [9.17, 15) is 9.59 Å². The van der Waals surface area contributed by atoms with Crippen molar-refractivity contribution in [3.05, 3.63) is 67.8 Å². The maximum Gasteiger partial charge on any atom is 0.265 e. The number of ether oxygens (including phenoxy) is 1. The third kappa shape index (κ3) is 4.66. The number of rotatable bonds is 4. The van der Waals surface area contributed by atoms with Crippen LogP contribution in [0.1, 0.15) is 11.1 Å². The largest absolute Gasteiger partial charge is 0.488 e. The lowest BCUT2D eigenvalue weighted by atomic mass is 10.1. The molecule has 138 valence electrons. The highest BCUT2D eigenvalue weighted by Crippen LogP contribution is 2.25. The van der Waals surface area contributed by atoms with Crippen molar-refractivity contribution in [2.45, 2.75) is 6.61 Å². The van der Waals surface area contributed by atoms with E-state index in [1.165, 1.54) is 11.9 Å². The third-order valence-electron chi connectivity index (χ3n) is 3.88. The van der Waals surface area contributed by atoms with E-state index in [2.05, 4.69) is 27.9 Å². The van der Waals surface area contributed by atoms with Gasteiger partial charge in [-0.2, -0.15) is 0 Å². The van der Waals surface area contributed by atoms with E-state index >= 15 is 0 Å². The molecule has 1 N–H and O–H groups in total. The molecule has 2 amide bonds. The molecule has 0 radical (unpaired) electrons. The van der Waals surface area contributed by atoms with Gasteiger partial charge in [-0.25, -0.2) is 0 Å². The van der Waals surface area contributed by atoms with Crippen LogP contribution in [0.5, 0.6) is 5.75 Å². The van der Waals surface area contributed by atoms with Crippen LogP contribution in [0.15, 0.2) is 48.0 Å². The topological polar surface area (TPSA) is 58.6 Å². The van der Waals surface area contributed by atoms with Crippen LogP contribution in [0.2, 0.25) is 5.02 Å². The first-order valence-electron chi connectivity index (χ1n) is 7.87. The predicted octanol–water partition coefficient (Wildman–Crippen LogP) is 3.78. The van der Waals surface area contributed by atoms with Gasteiger partial charge in [-0.3, -0.25) is 19.8 Å². The molecule has 1 saturated heterocycles. The number of likely N-dealkylation sites (N-methyl/N-ethyl adjacent to an activating group) is 1. The molecule has 0 atom stereocenters. The van der Waals surface area contributed by atoms with Crippen LogP contribution in [0, 0.1) is 3.57 Å². The lowest BCUT2D eigenvalue weighted by molar-refractivity contribution is -0.128. The molecule has 0 bridgehead atoms. The molecule has 0 aliphatic carbocycles. The molecule has 2 aromatic rings. The lowest BCUT2D eigenvalue weighted by Crippen LogP contribution is -2.52. The van der Waals surface area contributed by atoms with Gasteiger partial charge in [-0.05, 0) is 76.3 Å². The zero-order valence-electron chi connectivity index (χ0n) is 14.2. The van der Waals surface area contributed by atoms with E-state index in [1.54, 1.807) is 12.1 Å². The molecule has 3 rings (SSSR count). The minimum Gasteiger partial charge on any atom is -0.488 e. The quantitative estimate of drug-likeness (QED) is 0.293. The number of benzene rings is 2. The van der Waals surface area contributed by atoms with Crippen LogP contribution >= 0.6 is 46.4 Å². The Kier molecular flexibility index (Phi) is 6.13. The normalized spacial score (nSPS) is 15.9. The summed E-state index contributed by atoms with van der Waals surface area (Å²) < 4.78 is 6.70. The molecular formula is C19H14ClIN2O3S. The summed E-state index contributed by atoms with van der Waals surface area (Å²) in [5, 5.41) is 3.27. The fourth-order valence-corrected chi connectivity index (χ4v) is 3.37. The summed E-state index contributed by atoms with van der Waals surface area (Å²) >= 11 is 13.0. The third-order valence-corrected chi connectivity index (χ3v) is 5.35. The highest BCUT2D eigenvalue weighted by atomic mass is 127. The van der Waals surface area contributed by atoms with Crippen molar-refractivity contribution in [3.63, 3.8) is 0 Å². The van der Waals surface area contributed by atoms with Crippen LogP contribution in [0.3, 0.4) is 0 Å². The lowest BCUT2D eigenvalue weighted by Gasteiger charge is -2.25. The SMILES string of the molecule is CN1C(=O)/C(=C/c2ccc(OCc3ccc(Cl)cc3)c(I)c2)C(=O)NC1=S. The van der Waals surface area contributed by atoms with Crippen molar-refractivity contribution >= 4 is 69.4 Å². The summed E-state index contributed by atoms with van der Waals surface area (Å²) in [5.41, 5.74) is 1.76. The standard InChI is InChI=1S/C19H14ClIN2O3S/c1-23-18(25)14(17(24)22-19(23)27)8-12-4-7-16(15(21)9-12)26-10-11-2-5-13(20)6-3-11/h2-9H,10H2,1H3,(H,22,24,27)/b14-8+. The number of thiocarbonyl (C=S) groups is 1. The van der Waals surface area contributed by atoms with Gasteiger partial charge in [0.2, 0.25) is 0 Å². The molecule has 0 unspecified atom stereocenters. The average molecular weight is 513 g/mol. The Labute approximate surface area is 180 Å². The number of nitrogens with zero attached hydrogens (tertiary/aromatic N) is 1. The average Bonchev–Trinajstić information content (AvgIpc) is 2.64. The van der Waals surface area contributed by atoms with Gasteiger partial charge in [-0.15, -0.1) is 0 Å². The summed E-state index contributed by atoms with van der Waals surface area (Å²) in [6, 6.07) is 12.9. The highest BCUT2D eigenvalue weighted by molar-refractivity contribution is 14.1. The van der Waals surface area contributed by atoms with E-state index in [4.69, 9.17) is 28.6 Å². The Balaban J connectivity index is 1.76. The zero-order chi connectivity index (χ0) is 19.6. The Hall–Kier alpha value is -1.97. The number of hydrogen-bond donors (Lipinski definition) is 1. The fourth-order valence-electron chi connectivity index (χ4n) is 2.38. The second-order valence-electron chi connectivity index (χ2n) is 5.79. The van der Waals surface area contributed by atoms with E-state index in [0.717, 1.165) is 14.7 Å². The van der Waals surface area contributed by atoms with E-state index in [1.807, 2.05) is 36.4 Å². The van der Waals surface area contributed by atoms with Crippen LogP contribution < -0.4 is 10.1 Å². The van der Waals surface area contributed by atoms with Crippen molar-refractivity contribution in [2.75, 3.05) is 7.05 Å². The van der Waals surface area contributed by atoms with Crippen molar-refractivity contribution in [3.8, 4) is 5.75 Å². The molecule has 1 aliphatic heterocycles. The number of carbonyl (C=O) groups excluding carboxylic acids is 2. The first-order chi connectivity index (χ1) is 12.8. The van der Waals surface area contributed by atoms with Crippen molar-refractivity contribution in [1.82, 2.24) is 10.2 Å². The van der Waals surface area contributed by atoms with Gasteiger partial charge < -0.3 is 4.74 Å². The summed E-state index contributed by atoms with van der Waals surface area (Å²) in [6.07, 6.45) is 1.54. The zero-order valence-corrected chi connectivity index (χ0v) is 17.9. The number of amides is 2. The molecule has 1 aliphatic rings. The minimum absolute atomic E-state index is 0.0386. The van der Waals surface area contributed by atoms with E-state index < -0.39 is 11.8 Å². The summed E-state index contributed by atoms with van der Waals surface area (Å²) in [6.45, 7) is 0.413. The maximum absolute atomic E-state index is 12.3. The summed E-state index contributed by atoms with van der Waals surface area (Å²) in [5.74, 6) is -0.214. The Morgan fingerprint density at radius 1 is 1.22 bits per heavy atom. The fraction of sp³-hybridized carbons (Fsp3) is 0.105. The van der Waals surface area contributed by atoms with Crippen LogP contribution in [-0.4, -0.2) is 28.9 Å². The number of hydrogen-bond acceptors (Lipinski definition) is 4. The molecular weight excluding hydrogens is 499 g/mol. The monoisotopic (exact) mass is 512 g/mol. The number of halogens is 2. The second-order valence-corrected chi connectivity index (χ2v) is 7.77. The van der Waals surface area contributed by atoms with Crippen molar-refractivity contribution < 1.29 is 14.3 Å². The van der Waals surface area contributed by atoms with Gasteiger partial charge in [-0.1, -0.05) is 29.8 Å². The van der Waals surface area contributed by atoms with E-state index in [0.29, 0.717) is 17.4 Å². The molecule has 0 aromatic heterocycles. The molecule has 27 heavy (non-hydrogen) atoms. The molecule has 0 spiro atoms. The van der Waals surface area contributed by atoms with Gasteiger partial charge >= 0.3 is 0 Å². The van der Waals surface area contributed by atoms with Crippen molar-refractivity contribution in [2.24, 2.45) is 0 Å². The smallest absolute Gasteiger partial charge is 0.265 e. The minimum atomic E-state index is -0.499. The summed E-state index contributed by atoms with van der Waals surface area (Å²) in [7, 11) is 1.52. The second kappa shape index (κ2) is 8.37. The predicted molar refractivity (Wildman–Crippen MR) is 116 cm³/mol. The van der Waals surface area contributed by atoms with Gasteiger partial charge in [0.05, 0.1) is 3.57 Å². The Morgan fingerprint density at radius 3 is 2.59 bits per heavy atom. The number of nitrogens with one attached hydrogen (secondary N) is 1. The molecule has 1 fully saturated rings. The molecule has 8 heteroatoms. The van der Waals surface area contributed by atoms with Gasteiger partial charge in [0.25, 0.3) is 11.8 Å². The van der Waals surface area contributed by atoms with Gasteiger partial charge in [0.15, 0.2) is 5.11 Å². The molecule has 0 saturated carbocycles.